The maximum absolute atomic E-state index is 11.3. The second-order valence-corrected chi connectivity index (χ2v) is 3.51. The van der Waals surface area contributed by atoms with Gasteiger partial charge in [0.05, 0.1) is 24.4 Å². The molecule has 0 fully saturated rings. The summed E-state index contributed by atoms with van der Waals surface area (Å²) >= 11 is 0. The van der Waals surface area contributed by atoms with Crippen molar-refractivity contribution in [3.63, 3.8) is 0 Å². The van der Waals surface area contributed by atoms with Gasteiger partial charge in [0, 0.05) is 20.0 Å². The Balaban J connectivity index is 2.71. The largest absolute Gasteiger partial charge is 0.372 e. The molecule has 0 spiro atoms. The lowest BCUT2D eigenvalue weighted by Crippen LogP contribution is -2.18. The lowest BCUT2D eigenvalue weighted by atomic mass is 10.2. The number of rotatable bonds is 5. The first kappa shape index (κ1) is 12.2. The maximum Gasteiger partial charge on any atom is 0.180 e. The fourth-order valence-corrected chi connectivity index (χ4v) is 1.30. The van der Waals surface area contributed by atoms with Crippen molar-refractivity contribution in [3.05, 3.63) is 24.0 Å². The van der Waals surface area contributed by atoms with Crippen LogP contribution in [0.5, 0.6) is 0 Å². The molecule has 0 aliphatic heterocycles. The van der Waals surface area contributed by atoms with Gasteiger partial charge in [-0.05, 0) is 12.1 Å². The van der Waals surface area contributed by atoms with Crippen LogP contribution in [0.25, 0.3) is 0 Å². The highest BCUT2D eigenvalue weighted by Crippen LogP contribution is 2.12. The quantitative estimate of drug-likeness (QED) is 0.708. The van der Waals surface area contributed by atoms with Crippen LogP contribution in [0.4, 0.5) is 5.69 Å². The number of anilines is 1. The van der Waals surface area contributed by atoms with E-state index in [2.05, 4.69) is 11.1 Å². The molecular weight excluding hydrogens is 202 g/mol. The summed E-state index contributed by atoms with van der Waals surface area (Å²) in [5.41, 5.74) is 1.42. The summed E-state index contributed by atoms with van der Waals surface area (Å²) in [5.74, 6) is 0.0474. The van der Waals surface area contributed by atoms with Crippen molar-refractivity contribution < 1.29 is 4.79 Å². The summed E-state index contributed by atoms with van der Waals surface area (Å²) in [7, 11) is 1.90. The number of ketones is 1. The number of nitriles is 1. The minimum atomic E-state index is 0.0474. The molecule has 0 aliphatic rings. The summed E-state index contributed by atoms with van der Waals surface area (Å²) in [6, 6.07) is 5.67. The van der Waals surface area contributed by atoms with Crippen LogP contribution in [0.15, 0.2) is 18.3 Å². The summed E-state index contributed by atoms with van der Waals surface area (Å²) in [6.45, 7) is 2.48. The van der Waals surface area contributed by atoms with Crippen molar-refractivity contribution >= 4 is 11.5 Å². The van der Waals surface area contributed by atoms with E-state index < -0.39 is 0 Å². The molecule has 1 aromatic rings. The van der Waals surface area contributed by atoms with Crippen molar-refractivity contribution in [1.82, 2.24) is 4.98 Å². The Morgan fingerprint density at radius 3 is 2.81 bits per heavy atom. The molecule has 0 atom stereocenters. The standard InChI is InChI=1S/C12H15N3O/c1-3-12(16)11-6-5-10(9-14-11)15(2)8-4-7-13/h5-6,9H,3-4,8H2,1-2H3. The van der Waals surface area contributed by atoms with Gasteiger partial charge in [-0.25, -0.2) is 0 Å². The highest BCUT2D eigenvalue weighted by Gasteiger charge is 2.05. The van der Waals surface area contributed by atoms with Gasteiger partial charge in [-0.1, -0.05) is 6.92 Å². The van der Waals surface area contributed by atoms with E-state index in [1.165, 1.54) is 0 Å². The highest BCUT2D eigenvalue weighted by molar-refractivity contribution is 5.94. The predicted octanol–water partition coefficient (Wildman–Crippen LogP) is 2.02. The Kier molecular flexibility index (Phi) is 4.46. The minimum absolute atomic E-state index is 0.0474. The van der Waals surface area contributed by atoms with E-state index in [4.69, 9.17) is 5.26 Å². The van der Waals surface area contributed by atoms with Gasteiger partial charge in [0.25, 0.3) is 0 Å². The molecular formula is C12H15N3O. The lowest BCUT2D eigenvalue weighted by molar-refractivity contribution is 0.0983. The van der Waals surface area contributed by atoms with Crippen molar-refractivity contribution in [1.29, 1.82) is 5.26 Å². The Bertz CT molecular complexity index is 392. The van der Waals surface area contributed by atoms with Gasteiger partial charge in [-0.2, -0.15) is 5.26 Å². The normalized spacial score (nSPS) is 9.56. The number of hydrogen-bond donors (Lipinski definition) is 0. The van der Waals surface area contributed by atoms with Gasteiger partial charge in [0.15, 0.2) is 5.78 Å². The third-order valence-electron chi connectivity index (χ3n) is 2.35. The van der Waals surface area contributed by atoms with Crippen molar-refractivity contribution in [2.24, 2.45) is 0 Å². The summed E-state index contributed by atoms with van der Waals surface area (Å²) < 4.78 is 0. The van der Waals surface area contributed by atoms with Gasteiger partial charge in [0.1, 0.15) is 5.69 Å². The van der Waals surface area contributed by atoms with Crippen LogP contribution >= 0.6 is 0 Å². The van der Waals surface area contributed by atoms with E-state index in [0.717, 1.165) is 5.69 Å². The Labute approximate surface area is 95.5 Å². The van der Waals surface area contributed by atoms with E-state index in [1.54, 1.807) is 12.3 Å². The third-order valence-corrected chi connectivity index (χ3v) is 2.35. The highest BCUT2D eigenvalue weighted by atomic mass is 16.1. The van der Waals surface area contributed by atoms with Crippen LogP contribution in [0.1, 0.15) is 30.3 Å². The number of Topliss-reactive ketones (excluding diaryl/α,β-unsaturated/α-hetero) is 1. The molecule has 1 aromatic heterocycles. The van der Waals surface area contributed by atoms with Gasteiger partial charge in [0.2, 0.25) is 0 Å². The van der Waals surface area contributed by atoms with Gasteiger partial charge in [-0.15, -0.1) is 0 Å². The van der Waals surface area contributed by atoms with E-state index in [1.807, 2.05) is 24.9 Å². The zero-order valence-electron chi connectivity index (χ0n) is 9.60. The van der Waals surface area contributed by atoms with E-state index in [-0.39, 0.29) is 5.78 Å². The zero-order valence-corrected chi connectivity index (χ0v) is 9.60. The van der Waals surface area contributed by atoms with Crippen LogP contribution in [0.2, 0.25) is 0 Å². The number of pyridine rings is 1. The molecule has 0 N–H and O–H groups in total. The van der Waals surface area contributed by atoms with Gasteiger partial charge < -0.3 is 4.90 Å². The first-order valence-corrected chi connectivity index (χ1v) is 5.26. The van der Waals surface area contributed by atoms with Crippen LogP contribution in [-0.4, -0.2) is 24.4 Å². The predicted molar refractivity (Wildman–Crippen MR) is 62.4 cm³/mol. The molecule has 4 heteroatoms. The molecule has 0 aliphatic carbocycles. The second-order valence-electron chi connectivity index (χ2n) is 3.51. The molecule has 0 saturated heterocycles. The van der Waals surface area contributed by atoms with Crippen LogP contribution < -0.4 is 4.90 Å². The first-order chi connectivity index (χ1) is 7.69. The Morgan fingerprint density at radius 1 is 1.56 bits per heavy atom. The molecule has 0 bridgehead atoms. The average Bonchev–Trinajstić information content (AvgIpc) is 2.35. The van der Waals surface area contributed by atoms with Crippen molar-refractivity contribution in [2.75, 3.05) is 18.5 Å². The molecule has 0 saturated carbocycles. The van der Waals surface area contributed by atoms with E-state index >= 15 is 0 Å². The number of carbonyl (C=O) groups excluding carboxylic acids is 1. The van der Waals surface area contributed by atoms with Crippen LogP contribution in [0.3, 0.4) is 0 Å². The molecule has 0 radical (unpaired) electrons. The molecule has 4 nitrogen and oxygen atoms in total. The molecule has 0 aromatic carbocycles. The van der Waals surface area contributed by atoms with Crippen LogP contribution in [0, 0.1) is 11.3 Å². The molecule has 1 heterocycles. The lowest BCUT2D eigenvalue weighted by Gasteiger charge is -2.17. The summed E-state index contributed by atoms with van der Waals surface area (Å²) in [4.78, 5) is 17.4. The van der Waals surface area contributed by atoms with E-state index in [9.17, 15) is 4.79 Å². The minimum Gasteiger partial charge on any atom is -0.372 e. The first-order valence-electron chi connectivity index (χ1n) is 5.26. The summed E-state index contributed by atoms with van der Waals surface area (Å²) in [5, 5.41) is 8.47. The topological polar surface area (TPSA) is 57.0 Å². The fraction of sp³-hybridized carbons (Fsp3) is 0.417. The maximum atomic E-state index is 11.3. The van der Waals surface area contributed by atoms with Gasteiger partial charge in [-0.3, -0.25) is 9.78 Å². The van der Waals surface area contributed by atoms with Gasteiger partial charge >= 0.3 is 0 Å². The molecule has 0 unspecified atom stereocenters. The SMILES string of the molecule is CCC(=O)c1ccc(N(C)CCC#N)cn1. The number of aromatic nitrogens is 1. The molecule has 0 amide bonds. The second kappa shape index (κ2) is 5.86. The van der Waals surface area contributed by atoms with Crippen molar-refractivity contribution in [2.45, 2.75) is 19.8 Å². The molecule has 16 heavy (non-hydrogen) atoms. The number of nitrogens with zero attached hydrogens (tertiary/aromatic N) is 3. The molecule has 1 rings (SSSR count). The number of carbonyl (C=O) groups is 1. The Morgan fingerprint density at radius 2 is 2.31 bits per heavy atom. The smallest absolute Gasteiger partial charge is 0.180 e. The van der Waals surface area contributed by atoms with Crippen molar-refractivity contribution in [3.8, 4) is 6.07 Å². The average molecular weight is 217 g/mol. The fourth-order valence-electron chi connectivity index (χ4n) is 1.30. The summed E-state index contributed by atoms with van der Waals surface area (Å²) in [6.07, 6.45) is 2.61. The van der Waals surface area contributed by atoms with E-state index in [0.29, 0.717) is 25.1 Å². The van der Waals surface area contributed by atoms with Crippen LogP contribution in [-0.2, 0) is 0 Å². The zero-order chi connectivity index (χ0) is 12.0. The Hall–Kier alpha value is -1.89. The number of hydrogen-bond acceptors (Lipinski definition) is 4. The third kappa shape index (κ3) is 3.06. The monoisotopic (exact) mass is 217 g/mol. The molecule has 84 valence electrons.